The summed E-state index contributed by atoms with van der Waals surface area (Å²) in [5, 5.41) is 0. The average molecular weight is 103 g/mol. The molecule has 38 valence electrons. The molecular formula is C6H6BN. The molecule has 1 nitrogen and oxygen atoms in total. The van der Waals surface area contributed by atoms with Gasteiger partial charge in [-0.1, -0.05) is 12.5 Å². The Balaban J connectivity index is 3.81. The van der Waals surface area contributed by atoms with Gasteiger partial charge in [-0.2, -0.15) is 0 Å². The molecule has 0 saturated carbocycles. The van der Waals surface area contributed by atoms with Crippen LogP contribution >= 0.6 is 0 Å². The predicted molar refractivity (Wildman–Crippen MR) is 37.4 cm³/mol. The summed E-state index contributed by atoms with van der Waals surface area (Å²) in [5.74, 6) is 7.53. The van der Waals surface area contributed by atoms with Crippen LogP contribution in [0.4, 0.5) is 0 Å². The summed E-state index contributed by atoms with van der Waals surface area (Å²) >= 11 is 0. The van der Waals surface area contributed by atoms with Crippen molar-refractivity contribution in [2.75, 3.05) is 0 Å². The molecule has 0 atom stereocenters. The first-order valence-corrected chi connectivity index (χ1v) is 2.14. The van der Waals surface area contributed by atoms with Crippen LogP contribution in [-0.2, 0) is 0 Å². The molecule has 0 rings (SSSR count). The van der Waals surface area contributed by atoms with E-state index in [2.05, 4.69) is 30.4 Å². The summed E-state index contributed by atoms with van der Waals surface area (Å²) in [5.41, 5.74) is 5.62. The third-order valence-electron chi connectivity index (χ3n) is 0.411. The van der Waals surface area contributed by atoms with E-state index in [-0.39, 0.29) is 0 Å². The van der Waals surface area contributed by atoms with Gasteiger partial charge in [0, 0.05) is 12.0 Å². The van der Waals surface area contributed by atoms with Gasteiger partial charge < -0.3 is 5.73 Å². The topological polar surface area (TPSA) is 26.0 Å². The Bertz CT molecular complexity index is 196. The van der Waals surface area contributed by atoms with Gasteiger partial charge >= 0.3 is 0 Å². The highest BCUT2D eigenvalue weighted by molar-refractivity contribution is 6.24. The first-order valence-electron chi connectivity index (χ1n) is 2.14. The molecule has 0 spiro atoms. The molecule has 0 fully saturated rings. The molecule has 2 heteroatoms. The third-order valence-corrected chi connectivity index (χ3v) is 0.411. The minimum atomic E-state index is 0.799. The minimum Gasteiger partial charge on any atom is -0.359 e. The maximum atomic E-state index is 4.82. The summed E-state index contributed by atoms with van der Waals surface area (Å²) in [6.07, 6.45) is 0. The van der Waals surface area contributed by atoms with Crippen LogP contribution in [0, 0.1) is 23.8 Å². The molecule has 0 unspecified atom stereocenters. The Morgan fingerprint density at radius 1 is 1.50 bits per heavy atom. The Kier molecular flexibility index (Phi) is 3.28. The fraction of sp³-hybridized carbons (Fsp3) is 0. The van der Waals surface area contributed by atoms with Crippen LogP contribution in [0.1, 0.15) is 0 Å². The van der Waals surface area contributed by atoms with Crippen LogP contribution < -0.4 is 5.73 Å². The second-order valence-corrected chi connectivity index (χ2v) is 1.30. The monoisotopic (exact) mass is 103 g/mol. The highest BCUT2D eigenvalue weighted by Gasteiger charge is 1.65. The van der Waals surface area contributed by atoms with Gasteiger partial charge in [-0.15, -0.1) is 0 Å². The summed E-state index contributed by atoms with van der Waals surface area (Å²) in [4.78, 5) is 0. The zero-order chi connectivity index (χ0) is 6.41. The number of nitrogens with two attached hydrogens (primary N) is 1. The maximum absolute atomic E-state index is 4.82. The van der Waals surface area contributed by atoms with Crippen molar-refractivity contribution in [1.82, 2.24) is 0 Å². The van der Waals surface area contributed by atoms with Gasteiger partial charge in [0.15, 0.2) is 0 Å². The highest BCUT2D eigenvalue weighted by atomic mass is 14.4. The SMILES string of the molecule is BC(=C)C#CC#CN. The molecule has 0 saturated heterocycles. The quantitative estimate of drug-likeness (QED) is 0.239. The molecule has 0 bridgehead atoms. The van der Waals surface area contributed by atoms with Gasteiger partial charge in [-0.3, -0.25) is 0 Å². The lowest BCUT2D eigenvalue weighted by Crippen LogP contribution is -1.74. The van der Waals surface area contributed by atoms with Gasteiger partial charge in [0.05, 0.1) is 0 Å². The van der Waals surface area contributed by atoms with E-state index in [1.165, 1.54) is 0 Å². The van der Waals surface area contributed by atoms with Gasteiger partial charge in [-0.25, -0.2) is 0 Å². The molecule has 0 heterocycles. The van der Waals surface area contributed by atoms with Crippen molar-refractivity contribution in [3.05, 3.63) is 12.1 Å². The molecule has 0 radical (unpaired) electrons. The molecule has 0 amide bonds. The highest BCUT2D eigenvalue weighted by Crippen LogP contribution is 1.70. The van der Waals surface area contributed by atoms with Gasteiger partial charge in [0.25, 0.3) is 0 Å². The van der Waals surface area contributed by atoms with Gasteiger partial charge in [-0.05, 0) is 11.4 Å². The minimum absolute atomic E-state index is 0.799. The number of rotatable bonds is 0. The third kappa shape index (κ3) is 4.72. The molecule has 0 aromatic carbocycles. The molecule has 2 N–H and O–H groups in total. The lowest BCUT2D eigenvalue weighted by Gasteiger charge is -1.69. The summed E-state index contributed by atoms with van der Waals surface area (Å²) < 4.78 is 0. The van der Waals surface area contributed by atoms with E-state index in [4.69, 9.17) is 5.73 Å². The second-order valence-electron chi connectivity index (χ2n) is 1.30. The molecule has 0 aromatic heterocycles. The van der Waals surface area contributed by atoms with Crippen molar-refractivity contribution in [3.63, 3.8) is 0 Å². The smallest absolute Gasteiger partial charge is 0.149 e. The zero-order valence-electron chi connectivity index (χ0n) is 4.78. The summed E-state index contributed by atoms with van der Waals surface area (Å²) in [6, 6.07) is 2.16. The van der Waals surface area contributed by atoms with E-state index < -0.39 is 0 Å². The van der Waals surface area contributed by atoms with Crippen LogP contribution in [0.15, 0.2) is 12.1 Å². The fourth-order valence-electron chi connectivity index (χ4n) is 0.174. The van der Waals surface area contributed by atoms with E-state index in [0.717, 1.165) is 5.47 Å². The Morgan fingerprint density at radius 2 is 2.12 bits per heavy atom. The lowest BCUT2D eigenvalue weighted by atomic mass is 9.99. The Morgan fingerprint density at radius 3 is 2.50 bits per heavy atom. The number of allylic oxidation sites excluding steroid dienone is 1. The molecule has 0 aliphatic heterocycles. The van der Waals surface area contributed by atoms with Crippen molar-refractivity contribution in [2.45, 2.75) is 0 Å². The van der Waals surface area contributed by atoms with Crippen LogP contribution in [0.2, 0.25) is 0 Å². The number of hydrogen-bond donors (Lipinski definition) is 1. The van der Waals surface area contributed by atoms with Gasteiger partial charge in [0.1, 0.15) is 7.85 Å². The van der Waals surface area contributed by atoms with Crippen molar-refractivity contribution >= 4 is 7.85 Å². The molecule has 0 aliphatic carbocycles. The largest absolute Gasteiger partial charge is 0.359 e. The first kappa shape index (κ1) is 6.72. The Hall–Kier alpha value is -1.28. The fourth-order valence-corrected chi connectivity index (χ4v) is 0.174. The van der Waals surface area contributed by atoms with Crippen molar-refractivity contribution in [1.29, 1.82) is 0 Å². The normalized spacial score (nSPS) is 5.00. The molecule has 0 aromatic rings. The lowest BCUT2D eigenvalue weighted by molar-refractivity contribution is 1.75. The predicted octanol–water partition coefficient (Wildman–Crippen LogP) is -0.944. The molecule has 0 aliphatic rings. The number of hydrogen-bond acceptors (Lipinski definition) is 1. The molecule has 8 heavy (non-hydrogen) atoms. The van der Waals surface area contributed by atoms with Crippen molar-refractivity contribution < 1.29 is 0 Å². The maximum Gasteiger partial charge on any atom is 0.149 e. The van der Waals surface area contributed by atoms with Crippen LogP contribution in [0.25, 0.3) is 0 Å². The van der Waals surface area contributed by atoms with Crippen molar-refractivity contribution in [3.8, 4) is 23.8 Å². The summed E-state index contributed by atoms with van der Waals surface area (Å²) in [7, 11) is 1.81. The van der Waals surface area contributed by atoms with E-state index >= 15 is 0 Å². The second kappa shape index (κ2) is 3.90. The Labute approximate surface area is 50.4 Å². The summed E-state index contributed by atoms with van der Waals surface area (Å²) in [6.45, 7) is 3.54. The van der Waals surface area contributed by atoms with Crippen LogP contribution in [0.5, 0.6) is 0 Å². The standard InChI is InChI=1S/C6H6BN/c1-6(7)4-2-3-5-8/h1,7-8H2. The molecular weight excluding hydrogens is 96.9 g/mol. The van der Waals surface area contributed by atoms with Crippen molar-refractivity contribution in [2.24, 2.45) is 5.73 Å². The van der Waals surface area contributed by atoms with E-state index in [0.29, 0.717) is 0 Å². The zero-order valence-corrected chi connectivity index (χ0v) is 4.78. The van der Waals surface area contributed by atoms with E-state index in [1.54, 1.807) is 0 Å². The average Bonchev–Trinajstić information content (AvgIpc) is 1.66. The van der Waals surface area contributed by atoms with Crippen LogP contribution in [0.3, 0.4) is 0 Å². The van der Waals surface area contributed by atoms with Gasteiger partial charge in [0.2, 0.25) is 0 Å². The van der Waals surface area contributed by atoms with Crippen LogP contribution in [-0.4, -0.2) is 7.85 Å². The first-order chi connectivity index (χ1) is 3.77. The van der Waals surface area contributed by atoms with E-state index in [1.807, 2.05) is 7.85 Å². The van der Waals surface area contributed by atoms with E-state index in [9.17, 15) is 0 Å².